The van der Waals surface area contributed by atoms with Crippen molar-refractivity contribution in [3.63, 3.8) is 0 Å². The molecule has 2 aromatic carbocycles. The van der Waals surface area contributed by atoms with Crippen LogP contribution in [0.25, 0.3) is 10.8 Å². The smallest absolute Gasteiger partial charge is 0.153 e. The number of rotatable bonds is 4. The van der Waals surface area contributed by atoms with Crippen LogP contribution in [0.5, 0.6) is 11.5 Å². The van der Waals surface area contributed by atoms with Gasteiger partial charge in [-0.3, -0.25) is 0 Å². The summed E-state index contributed by atoms with van der Waals surface area (Å²) >= 11 is 3.46. The molecule has 0 heterocycles. The average molecular weight is 295 g/mol. The maximum atomic E-state index is 5.71. The molecule has 2 rings (SSSR count). The Morgan fingerprint density at radius 2 is 1.65 bits per heavy atom. The highest BCUT2D eigenvalue weighted by Crippen LogP contribution is 2.26. The number of benzene rings is 2. The van der Waals surface area contributed by atoms with Crippen molar-refractivity contribution >= 4 is 26.7 Å². The quantitative estimate of drug-likeness (QED) is 0.780. The summed E-state index contributed by atoms with van der Waals surface area (Å²) in [6.07, 6.45) is 0.931. The molecule has 0 N–H and O–H groups in total. The lowest BCUT2D eigenvalue weighted by molar-refractivity contribution is 0.291. The van der Waals surface area contributed by atoms with E-state index in [1.54, 1.807) is 7.11 Å². The Balaban J connectivity index is 2.31. The minimum Gasteiger partial charge on any atom is -0.497 e. The Labute approximate surface area is 110 Å². The highest BCUT2D eigenvalue weighted by atomic mass is 79.9. The van der Waals surface area contributed by atoms with Crippen LogP contribution in [-0.2, 0) is 0 Å². The van der Waals surface area contributed by atoms with Crippen LogP contribution in [0.4, 0.5) is 0 Å². The second-order valence-electron chi connectivity index (χ2n) is 3.81. The Morgan fingerprint density at radius 3 is 2.24 bits per heavy atom. The van der Waals surface area contributed by atoms with E-state index in [-0.39, 0.29) is 5.01 Å². The molecule has 0 bridgehead atoms. The van der Waals surface area contributed by atoms with E-state index >= 15 is 0 Å². The minimum atomic E-state index is 0.0678. The molecule has 0 aliphatic carbocycles. The summed E-state index contributed by atoms with van der Waals surface area (Å²) in [5.74, 6) is 1.75. The van der Waals surface area contributed by atoms with Gasteiger partial charge in [-0.25, -0.2) is 0 Å². The maximum absolute atomic E-state index is 5.71. The van der Waals surface area contributed by atoms with Crippen LogP contribution in [0.1, 0.15) is 13.3 Å². The molecule has 0 aliphatic heterocycles. The van der Waals surface area contributed by atoms with Crippen LogP contribution >= 0.6 is 15.9 Å². The van der Waals surface area contributed by atoms with Crippen LogP contribution in [0, 0.1) is 0 Å². The fraction of sp³-hybridized carbons (Fsp3) is 0.286. The molecule has 0 aliphatic rings. The van der Waals surface area contributed by atoms with Crippen LogP contribution < -0.4 is 9.47 Å². The first kappa shape index (κ1) is 12.2. The third kappa shape index (κ3) is 2.91. The number of fused-ring (bicyclic) bond motifs is 1. The zero-order chi connectivity index (χ0) is 12.3. The molecular formula is C14H15BrO2. The summed E-state index contributed by atoms with van der Waals surface area (Å²) in [7, 11) is 1.68. The molecule has 0 amide bonds. The van der Waals surface area contributed by atoms with Gasteiger partial charge in [-0.05, 0) is 57.4 Å². The van der Waals surface area contributed by atoms with Crippen LogP contribution in [0.3, 0.4) is 0 Å². The zero-order valence-corrected chi connectivity index (χ0v) is 11.5. The maximum Gasteiger partial charge on any atom is 0.153 e. The summed E-state index contributed by atoms with van der Waals surface area (Å²) < 4.78 is 10.9. The lowest BCUT2D eigenvalue weighted by atomic mass is 10.1. The standard InChI is InChI=1S/C14H15BrO2/c1-3-14(15)17-13-7-5-10-8-12(16-2)6-4-11(10)9-13/h4-9,14H,3H2,1-2H3. The number of ether oxygens (including phenoxy) is 2. The average Bonchev–Trinajstić information content (AvgIpc) is 2.38. The molecular weight excluding hydrogens is 280 g/mol. The first-order valence-corrected chi connectivity index (χ1v) is 6.53. The second-order valence-corrected chi connectivity index (χ2v) is 4.83. The van der Waals surface area contributed by atoms with E-state index in [1.165, 1.54) is 0 Å². The number of alkyl halides is 1. The Bertz CT molecular complexity index is 511. The lowest BCUT2D eigenvalue weighted by Gasteiger charge is -2.11. The molecule has 0 saturated heterocycles. The highest BCUT2D eigenvalue weighted by molar-refractivity contribution is 9.09. The monoisotopic (exact) mass is 294 g/mol. The van der Waals surface area contributed by atoms with E-state index in [4.69, 9.17) is 9.47 Å². The molecule has 0 spiro atoms. The van der Waals surface area contributed by atoms with Crippen molar-refractivity contribution in [2.75, 3.05) is 7.11 Å². The van der Waals surface area contributed by atoms with E-state index < -0.39 is 0 Å². The van der Waals surface area contributed by atoms with Gasteiger partial charge in [-0.2, -0.15) is 0 Å². The van der Waals surface area contributed by atoms with Gasteiger partial charge < -0.3 is 9.47 Å². The molecule has 17 heavy (non-hydrogen) atoms. The summed E-state index contributed by atoms with van der Waals surface area (Å²) in [6, 6.07) is 12.1. The van der Waals surface area contributed by atoms with E-state index in [0.29, 0.717) is 0 Å². The van der Waals surface area contributed by atoms with E-state index in [1.807, 2.05) is 36.4 Å². The fourth-order valence-electron chi connectivity index (χ4n) is 1.63. The molecule has 2 aromatic rings. The van der Waals surface area contributed by atoms with Gasteiger partial charge >= 0.3 is 0 Å². The SMILES string of the molecule is CCC(Br)Oc1ccc2cc(OC)ccc2c1. The molecule has 0 saturated carbocycles. The summed E-state index contributed by atoms with van der Waals surface area (Å²) in [5.41, 5.74) is 0. The summed E-state index contributed by atoms with van der Waals surface area (Å²) in [6.45, 7) is 2.07. The van der Waals surface area contributed by atoms with E-state index in [0.717, 1.165) is 28.7 Å². The summed E-state index contributed by atoms with van der Waals surface area (Å²) in [5, 5.41) is 2.37. The third-order valence-corrected chi connectivity index (χ3v) is 3.44. The number of halogens is 1. The van der Waals surface area contributed by atoms with Crippen LogP contribution in [0.15, 0.2) is 36.4 Å². The number of methoxy groups -OCH3 is 1. The molecule has 1 unspecified atom stereocenters. The summed E-state index contributed by atoms with van der Waals surface area (Å²) in [4.78, 5) is 0. The van der Waals surface area contributed by atoms with Gasteiger partial charge in [-0.1, -0.05) is 19.1 Å². The molecule has 2 nitrogen and oxygen atoms in total. The predicted molar refractivity (Wildman–Crippen MR) is 74.1 cm³/mol. The molecule has 0 fully saturated rings. The van der Waals surface area contributed by atoms with Gasteiger partial charge in [0, 0.05) is 0 Å². The Kier molecular flexibility index (Phi) is 3.89. The minimum absolute atomic E-state index is 0.0678. The zero-order valence-electron chi connectivity index (χ0n) is 9.94. The first-order valence-electron chi connectivity index (χ1n) is 5.61. The van der Waals surface area contributed by atoms with E-state index in [9.17, 15) is 0 Å². The number of hydrogen-bond donors (Lipinski definition) is 0. The second kappa shape index (κ2) is 5.41. The van der Waals surface area contributed by atoms with Gasteiger partial charge in [0.2, 0.25) is 0 Å². The molecule has 0 aromatic heterocycles. The molecule has 1 atom stereocenters. The van der Waals surface area contributed by atoms with Gasteiger partial charge in [0.1, 0.15) is 11.5 Å². The first-order chi connectivity index (χ1) is 8.22. The van der Waals surface area contributed by atoms with Crippen molar-refractivity contribution in [1.29, 1.82) is 0 Å². The molecule has 90 valence electrons. The Morgan fingerprint density at radius 1 is 1.06 bits per heavy atom. The number of hydrogen-bond acceptors (Lipinski definition) is 2. The van der Waals surface area contributed by atoms with Gasteiger partial charge in [0.15, 0.2) is 5.01 Å². The largest absolute Gasteiger partial charge is 0.497 e. The van der Waals surface area contributed by atoms with Gasteiger partial charge in [-0.15, -0.1) is 0 Å². The van der Waals surface area contributed by atoms with Crippen molar-refractivity contribution in [1.82, 2.24) is 0 Å². The molecule has 3 heteroatoms. The topological polar surface area (TPSA) is 18.5 Å². The highest BCUT2D eigenvalue weighted by Gasteiger charge is 2.04. The third-order valence-electron chi connectivity index (χ3n) is 2.60. The van der Waals surface area contributed by atoms with Crippen LogP contribution in [-0.4, -0.2) is 12.1 Å². The van der Waals surface area contributed by atoms with Crippen molar-refractivity contribution in [3.05, 3.63) is 36.4 Å². The van der Waals surface area contributed by atoms with Crippen molar-refractivity contribution in [2.24, 2.45) is 0 Å². The van der Waals surface area contributed by atoms with Crippen LogP contribution in [0.2, 0.25) is 0 Å². The van der Waals surface area contributed by atoms with Gasteiger partial charge in [0.05, 0.1) is 7.11 Å². The van der Waals surface area contributed by atoms with Gasteiger partial charge in [0.25, 0.3) is 0 Å². The Hall–Kier alpha value is -1.22. The van der Waals surface area contributed by atoms with Crippen molar-refractivity contribution in [2.45, 2.75) is 18.4 Å². The molecule has 0 radical (unpaired) electrons. The predicted octanol–water partition coefficient (Wildman–Crippen LogP) is 4.36. The lowest BCUT2D eigenvalue weighted by Crippen LogP contribution is -2.05. The fourth-order valence-corrected chi connectivity index (χ4v) is 1.85. The van der Waals surface area contributed by atoms with E-state index in [2.05, 4.69) is 22.9 Å². The normalized spacial score (nSPS) is 12.4. The van der Waals surface area contributed by atoms with Crippen molar-refractivity contribution < 1.29 is 9.47 Å². The van der Waals surface area contributed by atoms with Crippen molar-refractivity contribution in [3.8, 4) is 11.5 Å².